The van der Waals surface area contributed by atoms with Gasteiger partial charge in [-0.05, 0) is 32.0 Å². The summed E-state index contributed by atoms with van der Waals surface area (Å²) in [7, 11) is 3.65. The Labute approximate surface area is 129 Å². The van der Waals surface area contributed by atoms with Gasteiger partial charge in [-0.15, -0.1) is 0 Å². The number of benzene rings is 1. The Morgan fingerprint density at radius 3 is 2.73 bits per heavy atom. The SMILES string of the molecule is COCc1nc(C)cc(Nc2ccc3c(c2)nc(C)n3C)n1. The molecule has 1 aromatic carbocycles. The lowest BCUT2D eigenvalue weighted by molar-refractivity contribution is 0.177. The first-order valence-electron chi connectivity index (χ1n) is 7.10. The highest BCUT2D eigenvalue weighted by molar-refractivity contribution is 5.81. The van der Waals surface area contributed by atoms with Crippen molar-refractivity contribution < 1.29 is 4.74 Å². The molecule has 3 rings (SSSR count). The van der Waals surface area contributed by atoms with Gasteiger partial charge in [0.2, 0.25) is 0 Å². The number of imidazole rings is 1. The summed E-state index contributed by atoms with van der Waals surface area (Å²) in [6, 6.07) is 8.02. The summed E-state index contributed by atoms with van der Waals surface area (Å²) in [5.41, 5.74) is 3.93. The minimum absolute atomic E-state index is 0.398. The first-order valence-corrected chi connectivity index (χ1v) is 7.10. The third-order valence-corrected chi connectivity index (χ3v) is 3.55. The number of rotatable bonds is 4. The van der Waals surface area contributed by atoms with Gasteiger partial charge in [-0.1, -0.05) is 0 Å². The van der Waals surface area contributed by atoms with E-state index in [1.807, 2.05) is 39.1 Å². The maximum atomic E-state index is 5.10. The van der Waals surface area contributed by atoms with Crippen LogP contribution >= 0.6 is 0 Å². The van der Waals surface area contributed by atoms with Crippen molar-refractivity contribution in [2.45, 2.75) is 20.5 Å². The predicted molar refractivity (Wildman–Crippen MR) is 86.2 cm³/mol. The Morgan fingerprint density at radius 1 is 1.14 bits per heavy atom. The minimum atomic E-state index is 0.398. The molecule has 1 N–H and O–H groups in total. The Hall–Kier alpha value is -2.47. The van der Waals surface area contributed by atoms with Gasteiger partial charge >= 0.3 is 0 Å². The maximum Gasteiger partial charge on any atom is 0.156 e. The van der Waals surface area contributed by atoms with Crippen molar-refractivity contribution >= 4 is 22.5 Å². The predicted octanol–water partition coefficient (Wildman–Crippen LogP) is 2.87. The lowest BCUT2D eigenvalue weighted by atomic mass is 10.2. The van der Waals surface area contributed by atoms with Crippen molar-refractivity contribution in [1.82, 2.24) is 19.5 Å². The molecule has 0 unspecified atom stereocenters. The van der Waals surface area contributed by atoms with Gasteiger partial charge in [0, 0.05) is 31.6 Å². The van der Waals surface area contributed by atoms with Crippen LogP contribution in [-0.4, -0.2) is 26.6 Å². The van der Waals surface area contributed by atoms with Gasteiger partial charge < -0.3 is 14.6 Å². The van der Waals surface area contributed by atoms with Gasteiger partial charge in [-0.2, -0.15) is 0 Å². The summed E-state index contributed by atoms with van der Waals surface area (Å²) >= 11 is 0. The van der Waals surface area contributed by atoms with Crippen LogP contribution in [0, 0.1) is 13.8 Å². The zero-order valence-corrected chi connectivity index (χ0v) is 13.2. The molecule has 2 heterocycles. The molecule has 0 amide bonds. The number of aryl methyl sites for hydroxylation is 3. The number of hydrogen-bond donors (Lipinski definition) is 1. The average Bonchev–Trinajstić information content (AvgIpc) is 2.73. The molecule has 6 nitrogen and oxygen atoms in total. The number of nitrogens with one attached hydrogen (secondary N) is 1. The second kappa shape index (κ2) is 5.73. The smallest absolute Gasteiger partial charge is 0.156 e. The molecule has 114 valence electrons. The van der Waals surface area contributed by atoms with E-state index in [1.54, 1.807) is 7.11 Å². The highest BCUT2D eigenvalue weighted by Gasteiger charge is 2.07. The van der Waals surface area contributed by atoms with Crippen LogP contribution in [0.5, 0.6) is 0 Å². The van der Waals surface area contributed by atoms with E-state index in [1.165, 1.54) is 0 Å². The number of anilines is 2. The first-order chi connectivity index (χ1) is 10.6. The van der Waals surface area contributed by atoms with Crippen molar-refractivity contribution in [3.63, 3.8) is 0 Å². The Balaban J connectivity index is 1.92. The Morgan fingerprint density at radius 2 is 1.95 bits per heavy atom. The quantitative estimate of drug-likeness (QED) is 0.802. The van der Waals surface area contributed by atoms with E-state index in [4.69, 9.17) is 4.74 Å². The van der Waals surface area contributed by atoms with Crippen molar-refractivity contribution in [1.29, 1.82) is 0 Å². The van der Waals surface area contributed by atoms with E-state index in [9.17, 15) is 0 Å². The number of fused-ring (bicyclic) bond motifs is 1. The van der Waals surface area contributed by atoms with Crippen LogP contribution < -0.4 is 5.32 Å². The van der Waals surface area contributed by atoms with Gasteiger partial charge in [0.1, 0.15) is 18.2 Å². The fraction of sp³-hybridized carbons (Fsp3) is 0.312. The molecule has 0 spiro atoms. The monoisotopic (exact) mass is 297 g/mol. The van der Waals surface area contributed by atoms with E-state index >= 15 is 0 Å². The fourth-order valence-electron chi connectivity index (χ4n) is 2.43. The fourth-order valence-corrected chi connectivity index (χ4v) is 2.43. The number of hydrogen-bond acceptors (Lipinski definition) is 5. The van der Waals surface area contributed by atoms with Gasteiger partial charge in [-0.25, -0.2) is 15.0 Å². The number of methoxy groups -OCH3 is 1. The van der Waals surface area contributed by atoms with E-state index in [-0.39, 0.29) is 0 Å². The van der Waals surface area contributed by atoms with Crippen LogP contribution in [0.4, 0.5) is 11.5 Å². The third-order valence-electron chi connectivity index (χ3n) is 3.55. The van der Waals surface area contributed by atoms with Crippen molar-refractivity contribution in [3.8, 4) is 0 Å². The molecule has 0 radical (unpaired) electrons. The topological polar surface area (TPSA) is 64.9 Å². The summed E-state index contributed by atoms with van der Waals surface area (Å²) in [5, 5.41) is 3.31. The molecule has 0 fully saturated rings. The number of nitrogens with zero attached hydrogens (tertiary/aromatic N) is 4. The molecule has 0 atom stereocenters. The van der Waals surface area contributed by atoms with E-state index in [0.717, 1.165) is 34.1 Å². The van der Waals surface area contributed by atoms with Crippen LogP contribution in [0.3, 0.4) is 0 Å². The molecule has 22 heavy (non-hydrogen) atoms. The summed E-state index contributed by atoms with van der Waals surface area (Å²) in [4.78, 5) is 13.3. The van der Waals surface area contributed by atoms with Crippen LogP contribution in [0.25, 0.3) is 11.0 Å². The average molecular weight is 297 g/mol. The molecule has 0 saturated heterocycles. The van der Waals surface area contributed by atoms with E-state index in [2.05, 4.69) is 30.9 Å². The van der Waals surface area contributed by atoms with Crippen molar-refractivity contribution in [3.05, 3.63) is 41.6 Å². The molecular formula is C16H19N5O. The zero-order valence-electron chi connectivity index (χ0n) is 13.2. The molecule has 0 aliphatic carbocycles. The third kappa shape index (κ3) is 2.78. The first kappa shape index (κ1) is 14.5. The molecular weight excluding hydrogens is 278 g/mol. The minimum Gasteiger partial charge on any atom is -0.377 e. The van der Waals surface area contributed by atoms with Crippen molar-refractivity contribution in [2.24, 2.45) is 7.05 Å². The van der Waals surface area contributed by atoms with E-state index < -0.39 is 0 Å². The van der Waals surface area contributed by atoms with Crippen molar-refractivity contribution in [2.75, 3.05) is 12.4 Å². The molecule has 3 aromatic rings. The van der Waals surface area contributed by atoms with Crippen LogP contribution in [0.1, 0.15) is 17.3 Å². The van der Waals surface area contributed by atoms with Crippen LogP contribution in [0.15, 0.2) is 24.3 Å². The number of ether oxygens (including phenoxy) is 1. The van der Waals surface area contributed by atoms with Gasteiger partial charge in [0.05, 0.1) is 11.0 Å². The molecule has 2 aromatic heterocycles. The molecule has 0 saturated carbocycles. The van der Waals surface area contributed by atoms with Gasteiger partial charge in [-0.3, -0.25) is 0 Å². The van der Waals surface area contributed by atoms with E-state index in [0.29, 0.717) is 12.4 Å². The normalized spacial score (nSPS) is 11.1. The van der Waals surface area contributed by atoms with Gasteiger partial charge in [0.25, 0.3) is 0 Å². The Bertz CT molecular complexity index is 825. The van der Waals surface area contributed by atoms with Gasteiger partial charge in [0.15, 0.2) is 5.82 Å². The highest BCUT2D eigenvalue weighted by atomic mass is 16.5. The maximum absolute atomic E-state index is 5.10. The van der Waals surface area contributed by atoms with Crippen LogP contribution in [0.2, 0.25) is 0 Å². The largest absolute Gasteiger partial charge is 0.377 e. The lowest BCUT2D eigenvalue weighted by Crippen LogP contribution is -2.02. The number of aromatic nitrogens is 4. The summed E-state index contributed by atoms with van der Waals surface area (Å²) in [6.07, 6.45) is 0. The summed E-state index contributed by atoms with van der Waals surface area (Å²) in [5.74, 6) is 2.42. The second-order valence-corrected chi connectivity index (χ2v) is 5.29. The second-order valence-electron chi connectivity index (χ2n) is 5.29. The molecule has 0 aliphatic heterocycles. The van der Waals surface area contributed by atoms with Crippen LogP contribution in [-0.2, 0) is 18.4 Å². The standard InChI is InChI=1S/C16H19N5O/c1-10-7-15(20-16(17-10)9-22-4)19-12-5-6-14-13(8-12)18-11(2)21(14)3/h5-8H,9H2,1-4H3,(H,17,19,20). The summed E-state index contributed by atoms with van der Waals surface area (Å²) < 4.78 is 7.17. The zero-order chi connectivity index (χ0) is 15.7. The highest BCUT2D eigenvalue weighted by Crippen LogP contribution is 2.22. The molecule has 0 bridgehead atoms. The Kier molecular flexibility index (Phi) is 3.77. The summed E-state index contributed by atoms with van der Waals surface area (Å²) in [6.45, 7) is 4.34. The lowest BCUT2D eigenvalue weighted by Gasteiger charge is -2.08. The molecule has 0 aliphatic rings. The molecule has 6 heteroatoms.